The lowest BCUT2D eigenvalue weighted by Crippen LogP contribution is -2.50. The number of halogens is 1. The fraction of sp³-hybridized carbons (Fsp3) is 0.647. The predicted octanol–water partition coefficient (Wildman–Crippen LogP) is 1.70. The molecule has 1 unspecified atom stereocenters. The molecule has 0 amide bonds. The number of benzene rings is 1. The Bertz CT molecular complexity index is 555. The molecule has 3 aliphatic rings. The van der Waals surface area contributed by atoms with Crippen LogP contribution in [-0.2, 0) is 6.54 Å². The minimum Gasteiger partial charge on any atom is -0.486 e. The molecule has 2 saturated heterocycles. The molecule has 1 N–H and O–H groups in total. The number of rotatable bonds is 3. The summed E-state index contributed by atoms with van der Waals surface area (Å²) in [4.78, 5) is 5.18. The fourth-order valence-corrected chi connectivity index (χ4v) is 4.15. The summed E-state index contributed by atoms with van der Waals surface area (Å²) in [5, 5.41) is 3.47. The van der Waals surface area contributed by atoms with Crippen molar-refractivity contribution in [3.05, 3.63) is 22.2 Å². The monoisotopic (exact) mass is 381 g/mol. The first kappa shape index (κ1) is 15.7. The highest BCUT2D eigenvalue weighted by Crippen LogP contribution is 2.36. The van der Waals surface area contributed by atoms with E-state index in [1.54, 1.807) is 0 Å². The largest absolute Gasteiger partial charge is 0.486 e. The maximum absolute atomic E-state index is 5.71. The summed E-state index contributed by atoms with van der Waals surface area (Å²) in [6, 6.07) is 4.93. The Morgan fingerprint density at radius 1 is 1.09 bits per heavy atom. The molecule has 6 heteroatoms. The van der Waals surface area contributed by atoms with Crippen molar-refractivity contribution < 1.29 is 9.47 Å². The van der Waals surface area contributed by atoms with Crippen LogP contribution in [0.4, 0.5) is 0 Å². The van der Waals surface area contributed by atoms with Gasteiger partial charge < -0.3 is 14.8 Å². The molecule has 23 heavy (non-hydrogen) atoms. The van der Waals surface area contributed by atoms with E-state index in [1.807, 2.05) is 6.07 Å². The van der Waals surface area contributed by atoms with Crippen molar-refractivity contribution >= 4 is 15.9 Å². The minimum atomic E-state index is 0.636. The summed E-state index contributed by atoms with van der Waals surface area (Å²) in [5.74, 6) is 1.73. The topological polar surface area (TPSA) is 37.0 Å². The van der Waals surface area contributed by atoms with E-state index in [-0.39, 0.29) is 0 Å². The maximum Gasteiger partial charge on any atom is 0.162 e. The van der Waals surface area contributed by atoms with E-state index >= 15 is 0 Å². The molecule has 1 aromatic carbocycles. The predicted molar refractivity (Wildman–Crippen MR) is 93.3 cm³/mol. The SMILES string of the molecule is Brc1cc2c(cc1CN1CCN(C3CCNC3)CC1)OCCO2. The van der Waals surface area contributed by atoms with Crippen LogP contribution in [0.25, 0.3) is 0 Å². The van der Waals surface area contributed by atoms with Crippen molar-refractivity contribution in [2.45, 2.75) is 19.0 Å². The summed E-state index contributed by atoms with van der Waals surface area (Å²) in [7, 11) is 0. The zero-order valence-electron chi connectivity index (χ0n) is 13.4. The molecule has 4 rings (SSSR count). The summed E-state index contributed by atoms with van der Waals surface area (Å²) in [5.41, 5.74) is 1.28. The van der Waals surface area contributed by atoms with E-state index in [0.717, 1.165) is 48.2 Å². The van der Waals surface area contributed by atoms with Gasteiger partial charge in [0.15, 0.2) is 11.5 Å². The van der Waals surface area contributed by atoms with Crippen LogP contribution in [0.15, 0.2) is 16.6 Å². The molecule has 0 spiro atoms. The first-order valence-electron chi connectivity index (χ1n) is 8.55. The van der Waals surface area contributed by atoms with Gasteiger partial charge in [0.1, 0.15) is 13.2 Å². The van der Waals surface area contributed by atoms with Crippen molar-refractivity contribution in [2.24, 2.45) is 0 Å². The summed E-state index contributed by atoms with van der Waals surface area (Å²) >= 11 is 3.69. The number of ether oxygens (including phenoxy) is 2. The Morgan fingerprint density at radius 3 is 2.52 bits per heavy atom. The van der Waals surface area contributed by atoms with Crippen molar-refractivity contribution in [2.75, 3.05) is 52.5 Å². The lowest BCUT2D eigenvalue weighted by molar-refractivity contribution is 0.0978. The fourth-order valence-electron chi connectivity index (χ4n) is 3.71. The van der Waals surface area contributed by atoms with Crippen LogP contribution >= 0.6 is 15.9 Å². The lowest BCUT2D eigenvalue weighted by Gasteiger charge is -2.38. The molecule has 0 aromatic heterocycles. The van der Waals surface area contributed by atoms with Crippen LogP contribution < -0.4 is 14.8 Å². The number of nitrogens with zero attached hydrogens (tertiary/aromatic N) is 2. The number of hydrogen-bond acceptors (Lipinski definition) is 5. The zero-order chi connectivity index (χ0) is 15.6. The first-order valence-corrected chi connectivity index (χ1v) is 9.34. The molecule has 126 valence electrons. The van der Waals surface area contributed by atoms with Gasteiger partial charge in [-0.15, -0.1) is 0 Å². The van der Waals surface area contributed by atoms with E-state index in [1.165, 1.54) is 31.6 Å². The van der Waals surface area contributed by atoms with Gasteiger partial charge >= 0.3 is 0 Å². The van der Waals surface area contributed by atoms with Gasteiger partial charge in [-0.05, 0) is 30.7 Å². The van der Waals surface area contributed by atoms with E-state index in [4.69, 9.17) is 9.47 Å². The highest BCUT2D eigenvalue weighted by molar-refractivity contribution is 9.10. The molecule has 0 bridgehead atoms. The second kappa shape index (κ2) is 6.97. The minimum absolute atomic E-state index is 0.636. The molecule has 5 nitrogen and oxygen atoms in total. The van der Waals surface area contributed by atoms with Crippen LogP contribution in [0.5, 0.6) is 11.5 Å². The Labute approximate surface area is 146 Å². The quantitative estimate of drug-likeness (QED) is 0.862. The van der Waals surface area contributed by atoms with Gasteiger partial charge in [0.25, 0.3) is 0 Å². The molecule has 1 aromatic rings. The van der Waals surface area contributed by atoms with Gasteiger partial charge in [-0.2, -0.15) is 0 Å². The molecular weight excluding hydrogens is 358 g/mol. The van der Waals surface area contributed by atoms with Crippen molar-refractivity contribution in [1.82, 2.24) is 15.1 Å². The Morgan fingerprint density at radius 2 is 1.83 bits per heavy atom. The molecule has 1 atom stereocenters. The van der Waals surface area contributed by atoms with Crippen LogP contribution in [0.1, 0.15) is 12.0 Å². The van der Waals surface area contributed by atoms with E-state index in [0.29, 0.717) is 13.2 Å². The molecule has 0 saturated carbocycles. The number of nitrogens with one attached hydrogen (secondary N) is 1. The van der Waals surface area contributed by atoms with Crippen LogP contribution in [0, 0.1) is 0 Å². The van der Waals surface area contributed by atoms with Crippen LogP contribution in [0.2, 0.25) is 0 Å². The molecule has 3 heterocycles. The summed E-state index contributed by atoms with van der Waals surface area (Å²) in [6.45, 7) is 9.20. The molecule has 2 fully saturated rings. The van der Waals surface area contributed by atoms with Crippen molar-refractivity contribution in [1.29, 1.82) is 0 Å². The maximum atomic E-state index is 5.71. The standard InChI is InChI=1S/C17H24BrN3O2/c18-15-10-17-16(22-7-8-23-17)9-13(15)12-20-3-5-21(6-4-20)14-1-2-19-11-14/h9-10,14,19H,1-8,11-12H2. The van der Waals surface area contributed by atoms with E-state index < -0.39 is 0 Å². The smallest absolute Gasteiger partial charge is 0.162 e. The van der Waals surface area contributed by atoms with Crippen molar-refractivity contribution in [3.63, 3.8) is 0 Å². The normalized spacial score (nSPS) is 25.7. The summed E-state index contributed by atoms with van der Waals surface area (Å²) < 4.78 is 12.5. The average molecular weight is 382 g/mol. The summed E-state index contributed by atoms with van der Waals surface area (Å²) in [6.07, 6.45) is 1.30. The van der Waals surface area contributed by atoms with Crippen LogP contribution in [0.3, 0.4) is 0 Å². The van der Waals surface area contributed by atoms with Gasteiger partial charge in [-0.1, -0.05) is 15.9 Å². The number of piperazine rings is 1. The van der Waals surface area contributed by atoms with Crippen molar-refractivity contribution in [3.8, 4) is 11.5 Å². The number of hydrogen-bond donors (Lipinski definition) is 1. The second-order valence-corrected chi connectivity index (χ2v) is 7.40. The van der Waals surface area contributed by atoms with Gasteiger partial charge in [0.05, 0.1) is 0 Å². The van der Waals surface area contributed by atoms with Crippen LogP contribution in [-0.4, -0.2) is 68.3 Å². The first-order chi connectivity index (χ1) is 11.3. The molecule has 3 aliphatic heterocycles. The second-order valence-electron chi connectivity index (χ2n) is 6.55. The molecule has 0 aliphatic carbocycles. The number of fused-ring (bicyclic) bond motifs is 1. The Balaban J connectivity index is 1.37. The third-order valence-corrected chi connectivity index (χ3v) is 5.80. The third kappa shape index (κ3) is 3.50. The van der Waals surface area contributed by atoms with Gasteiger partial charge in [-0.3, -0.25) is 9.80 Å². The Kier molecular flexibility index (Phi) is 4.76. The van der Waals surface area contributed by atoms with E-state index in [9.17, 15) is 0 Å². The van der Waals surface area contributed by atoms with Gasteiger partial charge in [0.2, 0.25) is 0 Å². The average Bonchev–Trinajstić information content (AvgIpc) is 3.11. The molecular formula is C17H24BrN3O2. The highest BCUT2D eigenvalue weighted by Gasteiger charge is 2.26. The third-order valence-electron chi connectivity index (χ3n) is 5.06. The molecule has 0 radical (unpaired) electrons. The van der Waals surface area contributed by atoms with Gasteiger partial charge in [-0.25, -0.2) is 0 Å². The Hall–Kier alpha value is -0.820. The van der Waals surface area contributed by atoms with E-state index in [2.05, 4.69) is 37.1 Å². The highest BCUT2D eigenvalue weighted by atomic mass is 79.9. The zero-order valence-corrected chi connectivity index (χ0v) is 15.0. The lowest BCUT2D eigenvalue weighted by atomic mass is 10.1. The van der Waals surface area contributed by atoms with Gasteiger partial charge in [0, 0.05) is 49.8 Å².